The van der Waals surface area contributed by atoms with Gasteiger partial charge in [0, 0.05) is 23.8 Å². The molecular formula is C25H17N3O3S. The van der Waals surface area contributed by atoms with E-state index in [9.17, 15) is 14.4 Å². The van der Waals surface area contributed by atoms with Gasteiger partial charge in [0.15, 0.2) is 4.80 Å². The van der Waals surface area contributed by atoms with E-state index in [4.69, 9.17) is 6.42 Å². The lowest BCUT2D eigenvalue weighted by molar-refractivity contribution is -0.121. The average molecular weight is 439 g/mol. The van der Waals surface area contributed by atoms with Crippen molar-refractivity contribution in [3.8, 4) is 12.3 Å². The summed E-state index contributed by atoms with van der Waals surface area (Å²) in [4.78, 5) is 42.8. The van der Waals surface area contributed by atoms with Gasteiger partial charge in [-0.25, -0.2) is 0 Å². The average Bonchev–Trinajstić information content (AvgIpc) is 3.33. The van der Waals surface area contributed by atoms with E-state index in [1.54, 1.807) is 24.3 Å². The van der Waals surface area contributed by atoms with Crippen LogP contribution in [0.3, 0.4) is 0 Å². The number of aromatic nitrogens is 1. The molecule has 5 rings (SSSR count). The maximum atomic E-state index is 12.9. The second kappa shape index (κ2) is 7.91. The molecule has 1 aliphatic heterocycles. The Balaban J connectivity index is 1.56. The summed E-state index contributed by atoms with van der Waals surface area (Å²) in [6.07, 6.45) is 6.01. The molecule has 3 aromatic carbocycles. The van der Waals surface area contributed by atoms with Gasteiger partial charge in [-0.1, -0.05) is 47.6 Å². The van der Waals surface area contributed by atoms with Crippen LogP contribution in [0, 0.1) is 12.3 Å². The minimum atomic E-state index is -0.419. The largest absolute Gasteiger partial charge is 0.305 e. The highest BCUT2D eigenvalue weighted by molar-refractivity contribution is 7.17. The summed E-state index contributed by atoms with van der Waals surface area (Å²) in [5.41, 5.74) is 1.76. The Morgan fingerprint density at radius 3 is 2.44 bits per heavy atom. The standard InChI is InChI=1S/C25H17N3O3S/c1-2-15-27-20-12-9-16-5-3-4-6-19(16)23(20)32-25(27)26-24(31)17-7-10-18(11-8-17)28-21(29)13-14-22(28)30/h1,3-12H,13-15H2. The number of fused-ring (bicyclic) bond motifs is 3. The van der Waals surface area contributed by atoms with Crippen molar-refractivity contribution >= 4 is 55.7 Å². The van der Waals surface area contributed by atoms with E-state index in [0.29, 0.717) is 22.6 Å². The van der Waals surface area contributed by atoms with E-state index in [-0.39, 0.29) is 24.7 Å². The summed E-state index contributed by atoms with van der Waals surface area (Å²) >= 11 is 1.42. The van der Waals surface area contributed by atoms with Crippen molar-refractivity contribution in [3.63, 3.8) is 0 Å². The zero-order valence-corrected chi connectivity index (χ0v) is 17.8. The number of thiazole rings is 1. The van der Waals surface area contributed by atoms with Crippen LogP contribution in [0.2, 0.25) is 0 Å². The number of imide groups is 1. The predicted octanol–water partition coefficient (Wildman–Crippen LogP) is 3.88. The van der Waals surface area contributed by atoms with E-state index in [1.165, 1.54) is 11.3 Å². The minimum Gasteiger partial charge on any atom is -0.305 e. The lowest BCUT2D eigenvalue weighted by Gasteiger charge is -2.13. The molecule has 0 radical (unpaired) electrons. The maximum absolute atomic E-state index is 12.9. The lowest BCUT2D eigenvalue weighted by Crippen LogP contribution is -2.28. The van der Waals surface area contributed by atoms with Crippen molar-refractivity contribution in [2.45, 2.75) is 19.4 Å². The molecule has 1 fully saturated rings. The van der Waals surface area contributed by atoms with E-state index in [1.807, 2.05) is 41.0 Å². The Kier molecular flexibility index (Phi) is 4.92. The summed E-state index contributed by atoms with van der Waals surface area (Å²) in [5.74, 6) is 1.76. The van der Waals surface area contributed by atoms with Gasteiger partial charge in [-0.3, -0.25) is 19.3 Å². The number of hydrogen-bond acceptors (Lipinski definition) is 4. The normalized spacial score (nSPS) is 14.5. The number of nitrogens with zero attached hydrogens (tertiary/aromatic N) is 3. The van der Waals surface area contributed by atoms with E-state index in [2.05, 4.69) is 10.9 Å². The smallest absolute Gasteiger partial charge is 0.279 e. The SMILES string of the molecule is C#CCn1c(=NC(=O)c2ccc(N3C(=O)CCC3=O)cc2)sc2c3ccccc3ccc21. The molecule has 0 bridgehead atoms. The quantitative estimate of drug-likeness (QED) is 0.359. The van der Waals surface area contributed by atoms with Gasteiger partial charge in [0.2, 0.25) is 11.8 Å². The highest BCUT2D eigenvalue weighted by atomic mass is 32.1. The second-order valence-corrected chi connectivity index (χ2v) is 8.37. The Morgan fingerprint density at radius 2 is 1.72 bits per heavy atom. The molecule has 32 heavy (non-hydrogen) atoms. The second-order valence-electron chi connectivity index (χ2n) is 7.40. The molecule has 0 aliphatic carbocycles. The predicted molar refractivity (Wildman–Crippen MR) is 124 cm³/mol. The van der Waals surface area contributed by atoms with Gasteiger partial charge in [0.05, 0.1) is 22.4 Å². The molecule has 0 saturated carbocycles. The van der Waals surface area contributed by atoms with Gasteiger partial charge in [-0.05, 0) is 35.7 Å². The zero-order valence-electron chi connectivity index (χ0n) is 16.9. The molecule has 0 unspecified atom stereocenters. The molecule has 2 heterocycles. The first-order valence-corrected chi connectivity index (χ1v) is 10.9. The monoisotopic (exact) mass is 439 g/mol. The third-order valence-electron chi connectivity index (χ3n) is 5.44. The number of terminal acetylenes is 1. The van der Waals surface area contributed by atoms with Crippen LogP contribution < -0.4 is 9.70 Å². The van der Waals surface area contributed by atoms with Gasteiger partial charge < -0.3 is 4.57 Å². The summed E-state index contributed by atoms with van der Waals surface area (Å²) < 4.78 is 2.88. The summed E-state index contributed by atoms with van der Waals surface area (Å²) in [5, 5.41) is 2.19. The van der Waals surface area contributed by atoms with E-state index in [0.717, 1.165) is 25.9 Å². The van der Waals surface area contributed by atoms with Crippen LogP contribution in [0.1, 0.15) is 23.2 Å². The molecule has 1 aliphatic rings. The molecule has 4 aromatic rings. The van der Waals surface area contributed by atoms with Gasteiger partial charge in [-0.15, -0.1) is 6.42 Å². The van der Waals surface area contributed by atoms with Gasteiger partial charge >= 0.3 is 0 Å². The number of rotatable bonds is 3. The van der Waals surface area contributed by atoms with Crippen molar-refractivity contribution in [2.24, 2.45) is 4.99 Å². The lowest BCUT2D eigenvalue weighted by atomic mass is 10.1. The topological polar surface area (TPSA) is 71.7 Å². The van der Waals surface area contributed by atoms with Crippen LogP contribution in [0.5, 0.6) is 0 Å². The van der Waals surface area contributed by atoms with Crippen molar-refractivity contribution < 1.29 is 14.4 Å². The van der Waals surface area contributed by atoms with Gasteiger partial charge in [-0.2, -0.15) is 4.99 Å². The number of benzene rings is 3. The fourth-order valence-corrected chi connectivity index (χ4v) is 5.06. The fraction of sp³-hybridized carbons (Fsp3) is 0.120. The first-order chi connectivity index (χ1) is 15.6. The van der Waals surface area contributed by atoms with Crippen LogP contribution in [0.15, 0.2) is 65.7 Å². The zero-order chi connectivity index (χ0) is 22.2. The molecule has 0 atom stereocenters. The Morgan fingerprint density at radius 1 is 1.00 bits per heavy atom. The number of amides is 3. The molecule has 1 saturated heterocycles. The first-order valence-electron chi connectivity index (χ1n) is 10.1. The molecule has 0 N–H and O–H groups in total. The number of hydrogen-bond donors (Lipinski definition) is 0. The van der Waals surface area contributed by atoms with Crippen molar-refractivity contribution in [3.05, 3.63) is 71.0 Å². The van der Waals surface area contributed by atoms with Crippen LogP contribution >= 0.6 is 11.3 Å². The summed E-state index contributed by atoms with van der Waals surface area (Å²) in [7, 11) is 0. The van der Waals surface area contributed by atoms with Crippen molar-refractivity contribution in [2.75, 3.05) is 4.90 Å². The minimum absolute atomic E-state index is 0.213. The van der Waals surface area contributed by atoms with Crippen molar-refractivity contribution in [1.29, 1.82) is 0 Å². The molecule has 1 aromatic heterocycles. The van der Waals surface area contributed by atoms with E-state index < -0.39 is 5.91 Å². The number of anilines is 1. The Labute approximate surface area is 187 Å². The molecule has 156 valence electrons. The van der Waals surface area contributed by atoms with Crippen LogP contribution in [-0.4, -0.2) is 22.3 Å². The highest BCUT2D eigenvalue weighted by Crippen LogP contribution is 2.28. The Hall–Kier alpha value is -4.02. The van der Waals surface area contributed by atoms with Crippen LogP contribution in [0.25, 0.3) is 21.0 Å². The summed E-state index contributed by atoms with van der Waals surface area (Å²) in [6.45, 7) is 0.294. The molecule has 7 heteroatoms. The number of carbonyl (C=O) groups excluding carboxylic acids is 3. The fourth-order valence-electron chi connectivity index (χ4n) is 3.90. The maximum Gasteiger partial charge on any atom is 0.279 e. The van der Waals surface area contributed by atoms with Gasteiger partial charge in [0.1, 0.15) is 0 Å². The molecule has 3 amide bonds. The molecule has 0 spiro atoms. The highest BCUT2D eigenvalue weighted by Gasteiger charge is 2.30. The van der Waals surface area contributed by atoms with Gasteiger partial charge in [0.25, 0.3) is 5.91 Å². The summed E-state index contributed by atoms with van der Waals surface area (Å²) in [6, 6.07) is 18.4. The first kappa shape index (κ1) is 19.9. The third kappa shape index (κ3) is 3.31. The van der Waals surface area contributed by atoms with Crippen LogP contribution in [0.4, 0.5) is 5.69 Å². The van der Waals surface area contributed by atoms with Crippen molar-refractivity contribution in [1.82, 2.24) is 4.57 Å². The molecule has 6 nitrogen and oxygen atoms in total. The molecular weight excluding hydrogens is 422 g/mol. The van der Waals surface area contributed by atoms with Crippen LogP contribution in [-0.2, 0) is 16.1 Å². The van der Waals surface area contributed by atoms with E-state index >= 15 is 0 Å². The number of carbonyl (C=O) groups is 3. The third-order valence-corrected chi connectivity index (χ3v) is 6.57. The Bertz CT molecular complexity index is 1500.